The van der Waals surface area contributed by atoms with Gasteiger partial charge in [0.05, 0.1) is 0 Å². The number of carbonyl (C=O) groups is 1. The Morgan fingerprint density at radius 1 is 1.29 bits per heavy atom. The van der Waals surface area contributed by atoms with Gasteiger partial charge in [-0.3, -0.25) is 10.1 Å². The fourth-order valence-corrected chi connectivity index (χ4v) is 3.16. The molecular weight excluding hydrogens is 266 g/mol. The summed E-state index contributed by atoms with van der Waals surface area (Å²) >= 11 is 0. The van der Waals surface area contributed by atoms with Gasteiger partial charge in [0.1, 0.15) is 5.54 Å². The first-order chi connectivity index (χ1) is 9.94. The van der Waals surface area contributed by atoms with Gasteiger partial charge in [-0.15, -0.1) is 0 Å². The van der Waals surface area contributed by atoms with Gasteiger partial charge >= 0.3 is 5.97 Å². The Morgan fingerprint density at radius 2 is 1.95 bits per heavy atom. The average molecular weight is 299 g/mol. The summed E-state index contributed by atoms with van der Waals surface area (Å²) < 4.78 is 5.76. The number of unbranched alkanes of at least 4 members (excludes halogenated alkanes) is 1. The lowest BCUT2D eigenvalue weighted by molar-refractivity contribution is -0.144. The lowest BCUT2D eigenvalue weighted by Gasteiger charge is -2.28. The van der Waals surface area contributed by atoms with Crippen molar-refractivity contribution in [2.24, 2.45) is 5.92 Å². The molecule has 4 heteroatoms. The Labute approximate surface area is 129 Å². The van der Waals surface area contributed by atoms with Crippen LogP contribution in [0.4, 0.5) is 0 Å². The quantitative estimate of drug-likeness (QED) is 0.605. The van der Waals surface area contributed by atoms with E-state index in [4.69, 9.17) is 4.74 Å². The van der Waals surface area contributed by atoms with Gasteiger partial charge in [0, 0.05) is 19.3 Å². The van der Waals surface area contributed by atoms with Crippen LogP contribution in [0.5, 0.6) is 0 Å². The van der Waals surface area contributed by atoms with E-state index in [9.17, 15) is 9.90 Å². The van der Waals surface area contributed by atoms with Crippen LogP contribution >= 0.6 is 0 Å². The molecule has 0 aromatic carbocycles. The number of carboxylic acids is 1. The van der Waals surface area contributed by atoms with E-state index < -0.39 is 11.5 Å². The molecule has 0 aliphatic heterocycles. The minimum atomic E-state index is -0.822. The largest absolute Gasteiger partial charge is 0.480 e. The van der Waals surface area contributed by atoms with E-state index >= 15 is 0 Å². The summed E-state index contributed by atoms with van der Waals surface area (Å²) in [5.41, 5.74) is -0.822. The summed E-state index contributed by atoms with van der Waals surface area (Å²) in [7, 11) is 0. The number of ether oxygens (including phenoxy) is 1. The normalized spacial score (nSPS) is 19.6. The summed E-state index contributed by atoms with van der Waals surface area (Å²) in [6.07, 6.45) is 9.19. The molecule has 1 rings (SSSR count). The van der Waals surface area contributed by atoms with Crippen LogP contribution < -0.4 is 5.32 Å². The summed E-state index contributed by atoms with van der Waals surface area (Å²) in [6, 6.07) is 0.175. The zero-order valence-corrected chi connectivity index (χ0v) is 14.0. The zero-order chi connectivity index (χ0) is 15.7. The monoisotopic (exact) mass is 299 g/mol. The number of rotatable bonds is 10. The molecule has 0 saturated heterocycles. The predicted molar refractivity (Wildman–Crippen MR) is 85.6 cm³/mol. The Kier molecular flexibility index (Phi) is 8.27. The second-order valence-electron chi connectivity index (χ2n) is 6.97. The molecule has 1 aliphatic rings. The van der Waals surface area contributed by atoms with Crippen LogP contribution in [0.2, 0.25) is 0 Å². The van der Waals surface area contributed by atoms with Crippen molar-refractivity contribution in [3.63, 3.8) is 0 Å². The Hall–Kier alpha value is -0.610. The average Bonchev–Trinajstić information content (AvgIpc) is 2.43. The molecule has 1 atom stereocenters. The van der Waals surface area contributed by atoms with Crippen molar-refractivity contribution in [3.8, 4) is 0 Å². The first kappa shape index (κ1) is 18.4. The third-order valence-corrected chi connectivity index (χ3v) is 4.37. The van der Waals surface area contributed by atoms with Crippen LogP contribution in [0.3, 0.4) is 0 Å². The number of hydrogen-bond donors (Lipinski definition) is 2. The van der Waals surface area contributed by atoms with Gasteiger partial charge in [0.15, 0.2) is 0 Å². The van der Waals surface area contributed by atoms with Gasteiger partial charge in [-0.05, 0) is 58.8 Å². The molecule has 2 N–H and O–H groups in total. The first-order valence-corrected chi connectivity index (χ1v) is 8.53. The Balaban J connectivity index is 2.12. The summed E-state index contributed by atoms with van der Waals surface area (Å²) in [5, 5.41) is 12.5. The molecule has 0 radical (unpaired) electrons. The summed E-state index contributed by atoms with van der Waals surface area (Å²) in [5.74, 6) is -0.00929. The third kappa shape index (κ3) is 7.28. The molecule has 0 bridgehead atoms. The Morgan fingerprint density at radius 3 is 2.52 bits per heavy atom. The molecule has 124 valence electrons. The third-order valence-electron chi connectivity index (χ3n) is 4.37. The Bertz CT molecular complexity index is 300. The van der Waals surface area contributed by atoms with E-state index in [1.54, 1.807) is 6.92 Å². The highest BCUT2D eigenvalue weighted by Crippen LogP contribution is 2.23. The van der Waals surface area contributed by atoms with Crippen molar-refractivity contribution in [1.29, 1.82) is 0 Å². The van der Waals surface area contributed by atoms with Crippen LogP contribution in [-0.2, 0) is 9.53 Å². The van der Waals surface area contributed by atoms with Crippen LogP contribution in [0, 0.1) is 5.92 Å². The first-order valence-electron chi connectivity index (χ1n) is 8.53. The maximum Gasteiger partial charge on any atom is 0.323 e. The van der Waals surface area contributed by atoms with Crippen LogP contribution in [0.25, 0.3) is 0 Å². The predicted octanol–water partition coefficient (Wildman–Crippen LogP) is 3.59. The molecule has 4 nitrogen and oxygen atoms in total. The zero-order valence-electron chi connectivity index (χ0n) is 14.0. The van der Waals surface area contributed by atoms with E-state index in [0.717, 1.165) is 32.0 Å². The molecule has 1 unspecified atom stereocenters. The van der Waals surface area contributed by atoms with Crippen molar-refractivity contribution >= 4 is 5.97 Å². The molecule has 21 heavy (non-hydrogen) atoms. The smallest absolute Gasteiger partial charge is 0.323 e. The standard InChI is InChI=1S/C17H33NO3/c1-14(2)18-17(3,16(19)20)11-7-8-12-21-13-15-9-5-4-6-10-15/h14-15,18H,4-13H2,1-3H3,(H,19,20). The van der Waals surface area contributed by atoms with Gasteiger partial charge in [0.2, 0.25) is 0 Å². The van der Waals surface area contributed by atoms with Gasteiger partial charge in [-0.25, -0.2) is 0 Å². The molecule has 0 spiro atoms. The van der Waals surface area contributed by atoms with Gasteiger partial charge in [0.25, 0.3) is 0 Å². The molecule has 1 saturated carbocycles. The lowest BCUT2D eigenvalue weighted by Crippen LogP contribution is -2.52. The van der Waals surface area contributed by atoms with E-state index in [1.807, 2.05) is 13.8 Å². The van der Waals surface area contributed by atoms with Crippen molar-refractivity contribution < 1.29 is 14.6 Å². The highest BCUT2D eigenvalue weighted by atomic mass is 16.5. The van der Waals surface area contributed by atoms with Gasteiger partial charge in [-0.2, -0.15) is 0 Å². The van der Waals surface area contributed by atoms with E-state index in [1.165, 1.54) is 32.1 Å². The highest BCUT2D eigenvalue weighted by Gasteiger charge is 2.32. The van der Waals surface area contributed by atoms with Crippen molar-refractivity contribution in [1.82, 2.24) is 5.32 Å². The molecule has 0 amide bonds. The fraction of sp³-hybridized carbons (Fsp3) is 0.941. The number of carboxylic acid groups (broad SMARTS) is 1. The molecule has 0 heterocycles. The second-order valence-corrected chi connectivity index (χ2v) is 6.97. The van der Waals surface area contributed by atoms with Crippen molar-refractivity contribution in [2.45, 2.75) is 83.7 Å². The summed E-state index contributed by atoms with van der Waals surface area (Å²) in [4.78, 5) is 11.4. The fourth-order valence-electron chi connectivity index (χ4n) is 3.16. The number of aliphatic carboxylic acids is 1. The molecular formula is C17H33NO3. The van der Waals surface area contributed by atoms with Crippen molar-refractivity contribution in [3.05, 3.63) is 0 Å². The molecule has 1 aliphatic carbocycles. The second kappa shape index (κ2) is 9.42. The minimum absolute atomic E-state index is 0.175. The molecule has 0 aromatic rings. The highest BCUT2D eigenvalue weighted by molar-refractivity contribution is 5.78. The van der Waals surface area contributed by atoms with Gasteiger partial charge < -0.3 is 9.84 Å². The van der Waals surface area contributed by atoms with E-state index in [0.29, 0.717) is 6.42 Å². The molecule has 1 fully saturated rings. The summed E-state index contributed by atoms with van der Waals surface area (Å²) in [6.45, 7) is 7.38. The maximum atomic E-state index is 11.4. The van der Waals surface area contributed by atoms with Crippen LogP contribution in [0.1, 0.15) is 72.1 Å². The van der Waals surface area contributed by atoms with Crippen LogP contribution in [-0.4, -0.2) is 35.9 Å². The topological polar surface area (TPSA) is 58.6 Å². The number of hydrogen-bond acceptors (Lipinski definition) is 3. The lowest BCUT2D eigenvalue weighted by atomic mass is 9.90. The van der Waals surface area contributed by atoms with E-state index in [2.05, 4.69) is 5.32 Å². The van der Waals surface area contributed by atoms with Crippen LogP contribution in [0.15, 0.2) is 0 Å². The molecule has 0 aromatic heterocycles. The number of nitrogens with one attached hydrogen (secondary N) is 1. The van der Waals surface area contributed by atoms with Crippen molar-refractivity contribution in [2.75, 3.05) is 13.2 Å². The minimum Gasteiger partial charge on any atom is -0.480 e. The van der Waals surface area contributed by atoms with Gasteiger partial charge in [-0.1, -0.05) is 19.3 Å². The maximum absolute atomic E-state index is 11.4. The SMILES string of the molecule is CC(C)NC(C)(CCCCOCC1CCCCC1)C(=O)O. The van der Waals surface area contributed by atoms with E-state index in [-0.39, 0.29) is 6.04 Å².